The standard InChI is InChI=1S/C36H32NO.C21H27FNSi.Ir/c1-24-23-37-33(20-30(24)22-36(2,3)4)29-14-16-34-32(19-29)31-15-13-28(21-35(31)38-34)27-12-8-11-26(18-27)17-25-9-6-5-7-10-25;1-24(2,3)21-15-23-20(17-10-7-11-19(22)13-17)14-18(21)12-16-8-5-4-6-9-16;/h5-13,15-16,18-21,23H,17,22H2,1-4H3;7,11,13-16H,4-6,8-9,12H2,1-3H3;/q2*-1;. The van der Waals surface area contributed by atoms with Crippen LogP contribution in [0, 0.1) is 36.2 Å². The van der Waals surface area contributed by atoms with Gasteiger partial charge in [-0.15, -0.1) is 53.6 Å². The molecular formula is C57H59FIrN2OSi-2. The summed E-state index contributed by atoms with van der Waals surface area (Å²) in [7, 11) is -1.44. The predicted octanol–water partition coefficient (Wildman–Crippen LogP) is 15.0. The van der Waals surface area contributed by atoms with Gasteiger partial charge in [0.25, 0.3) is 0 Å². The van der Waals surface area contributed by atoms with E-state index in [9.17, 15) is 4.39 Å². The van der Waals surface area contributed by atoms with Gasteiger partial charge in [0.15, 0.2) is 0 Å². The number of aromatic nitrogens is 2. The second-order valence-corrected chi connectivity index (χ2v) is 24.7. The Morgan fingerprint density at radius 3 is 2.13 bits per heavy atom. The van der Waals surface area contributed by atoms with Gasteiger partial charge < -0.3 is 14.4 Å². The van der Waals surface area contributed by atoms with Crippen LogP contribution in [0.2, 0.25) is 19.6 Å². The maximum atomic E-state index is 13.6. The van der Waals surface area contributed by atoms with Crippen LogP contribution in [0.4, 0.5) is 4.39 Å². The Hall–Kier alpha value is -5.00. The summed E-state index contributed by atoms with van der Waals surface area (Å²) in [4.78, 5) is 9.39. The summed E-state index contributed by atoms with van der Waals surface area (Å²) in [6, 6.07) is 45.6. The molecule has 0 unspecified atom stereocenters. The first-order valence-corrected chi connectivity index (χ1v) is 25.9. The van der Waals surface area contributed by atoms with Crippen molar-refractivity contribution in [3.63, 3.8) is 0 Å². The first kappa shape index (κ1) is 46.0. The second-order valence-electron chi connectivity index (χ2n) is 19.6. The second kappa shape index (κ2) is 19.8. The number of hydrogen-bond donors (Lipinski definition) is 0. The van der Waals surface area contributed by atoms with Gasteiger partial charge in [0.1, 0.15) is 5.58 Å². The van der Waals surface area contributed by atoms with Crippen LogP contribution >= 0.6 is 0 Å². The van der Waals surface area contributed by atoms with Gasteiger partial charge >= 0.3 is 0 Å². The molecule has 1 radical (unpaired) electrons. The summed E-state index contributed by atoms with van der Waals surface area (Å²) < 4.78 is 19.8. The molecule has 3 heterocycles. The number of hydrogen-bond acceptors (Lipinski definition) is 3. The molecule has 63 heavy (non-hydrogen) atoms. The zero-order chi connectivity index (χ0) is 43.4. The minimum atomic E-state index is -1.44. The van der Waals surface area contributed by atoms with E-state index in [0.717, 1.165) is 75.2 Å². The first-order chi connectivity index (χ1) is 29.8. The van der Waals surface area contributed by atoms with Gasteiger partial charge in [-0.3, -0.25) is 0 Å². The Morgan fingerprint density at radius 2 is 1.40 bits per heavy atom. The largest absolute Gasteiger partial charge is 0.500 e. The normalized spacial score (nSPS) is 13.4. The number of nitrogens with zero attached hydrogens (tertiary/aromatic N) is 2. The number of pyridine rings is 2. The van der Waals surface area contributed by atoms with Crippen molar-refractivity contribution < 1.29 is 28.9 Å². The van der Waals surface area contributed by atoms with E-state index in [0.29, 0.717) is 0 Å². The molecule has 1 aliphatic rings. The molecule has 325 valence electrons. The zero-order valence-electron chi connectivity index (χ0n) is 37.9. The number of rotatable bonds is 9. The summed E-state index contributed by atoms with van der Waals surface area (Å²) >= 11 is 0. The van der Waals surface area contributed by atoms with E-state index in [-0.39, 0.29) is 31.3 Å². The summed E-state index contributed by atoms with van der Waals surface area (Å²) in [5, 5.41) is 3.66. The van der Waals surface area contributed by atoms with Gasteiger partial charge in [-0.05, 0) is 88.0 Å². The number of halogens is 1. The number of aryl methyl sites for hydroxylation is 1. The molecule has 9 rings (SSSR count). The van der Waals surface area contributed by atoms with Gasteiger partial charge in [-0.1, -0.05) is 168 Å². The molecule has 0 aliphatic heterocycles. The molecule has 0 spiro atoms. The van der Waals surface area contributed by atoms with E-state index >= 15 is 0 Å². The fraction of sp³-hybridized carbons (Fsp3) is 0.298. The maximum Gasteiger partial charge on any atom is 0.121 e. The topological polar surface area (TPSA) is 38.9 Å². The molecule has 8 aromatic rings. The minimum Gasteiger partial charge on any atom is -0.500 e. The summed E-state index contributed by atoms with van der Waals surface area (Å²) in [6.07, 6.45) is 13.9. The van der Waals surface area contributed by atoms with Crippen molar-refractivity contribution in [3.05, 3.63) is 173 Å². The van der Waals surface area contributed by atoms with Gasteiger partial charge in [0.05, 0.1) is 13.7 Å². The number of benzene rings is 5. The number of furan rings is 1. The molecule has 3 nitrogen and oxygen atoms in total. The van der Waals surface area contributed by atoms with E-state index in [2.05, 4.69) is 162 Å². The molecule has 0 N–H and O–H groups in total. The summed E-state index contributed by atoms with van der Waals surface area (Å²) in [5.74, 6) is 0.564. The quantitative estimate of drug-likeness (QED) is 0.107. The maximum absolute atomic E-state index is 13.6. The third kappa shape index (κ3) is 11.6. The molecule has 0 saturated heterocycles. The Kier molecular flexibility index (Phi) is 14.5. The van der Waals surface area contributed by atoms with Crippen molar-refractivity contribution in [2.75, 3.05) is 0 Å². The zero-order valence-corrected chi connectivity index (χ0v) is 41.3. The van der Waals surface area contributed by atoms with Crippen LogP contribution in [-0.4, -0.2) is 18.0 Å². The van der Waals surface area contributed by atoms with Crippen molar-refractivity contribution in [2.45, 2.75) is 98.7 Å². The van der Waals surface area contributed by atoms with Gasteiger partial charge in [-0.2, -0.15) is 0 Å². The van der Waals surface area contributed by atoms with E-state index in [1.807, 2.05) is 12.3 Å². The molecule has 0 atom stereocenters. The SMILES string of the molecule is C[Si](C)(C)c1cnc(-c2[c-]ccc(F)c2)cc1CC1CCCCC1.Cc1cnc(-c2[c-]cc3oc4cc(-c5cccc(Cc6ccccc6)c5)ccc4c3c2)cc1CC(C)(C)C.[Ir]. The van der Waals surface area contributed by atoms with Gasteiger partial charge in [0, 0.05) is 43.7 Å². The monoisotopic (exact) mass is 1030 g/mol. The predicted molar refractivity (Wildman–Crippen MR) is 260 cm³/mol. The average Bonchev–Trinajstić information content (AvgIpc) is 3.62. The molecular weight excluding hydrogens is 968 g/mol. The van der Waals surface area contributed by atoms with Crippen LogP contribution in [0.3, 0.4) is 0 Å². The van der Waals surface area contributed by atoms with Gasteiger partial charge in [-0.25, -0.2) is 4.39 Å². The van der Waals surface area contributed by atoms with Gasteiger partial charge in [0.2, 0.25) is 0 Å². The molecule has 5 aromatic carbocycles. The average molecular weight is 1030 g/mol. The fourth-order valence-corrected chi connectivity index (χ4v) is 10.6. The van der Waals surface area contributed by atoms with Crippen LogP contribution in [-0.2, 0) is 39.4 Å². The van der Waals surface area contributed by atoms with E-state index in [1.54, 1.807) is 6.07 Å². The minimum absolute atomic E-state index is 0. The van der Waals surface area contributed by atoms with Crippen LogP contribution in [0.5, 0.6) is 0 Å². The third-order valence-corrected chi connectivity index (χ3v) is 14.3. The fourth-order valence-electron chi connectivity index (χ4n) is 8.99. The Labute approximate surface area is 389 Å². The Bertz CT molecular complexity index is 2810. The van der Waals surface area contributed by atoms with Crippen LogP contribution in [0.1, 0.15) is 80.7 Å². The van der Waals surface area contributed by atoms with Crippen molar-refractivity contribution in [3.8, 4) is 33.6 Å². The molecule has 3 aromatic heterocycles. The van der Waals surface area contributed by atoms with E-state index in [4.69, 9.17) is 9.40 Å². The van der Waals surface area contributed by atoms with Crippen molar-refractivity contribution in [1.29, 1.82) is 0 Å². The molecule has 1 saturated carbocycles. The smallest absolute Gasteiger partial charge is 0.121 e. The molecule has 6 heteroatoms. The van der Waals surface area contributed by atoms with Crippen LogP contribution in [0.15, 0.2) is 132 Å². The van der Waals surface area contributed by atoms with E-state index < -0.39 is 8.07 Å². The van der Waals surface area contributed by atoms with E-state index in [1.165, 1.54) is 82.8 Å². The number of fused-ring (bicyclic) bond motifs is 3. The van der Waals surface area contributed by atoms with Crippen molar-refractivity contribution in [1.82, 2.24) is 9.97 Å². The molecule has 1 aliphatic carbocycles. The molecule has 0 bridgehead atoms. The third-order valence-electron chi connectivity index (χ3n) is 12.2. The summed E-state index contributed by atoms with van der Waals surface area (Å²) in [6.45, 7) is 16.1. The first-order valence-electron chi connectivity index (χ1n) is 22.4. The molecule has 1 fully saturated rings. The van der Waals surface area contributed by atoms with Crippen LogP contribution in [0.25, 0.3) is 55.6 Å². The summed E-state index contributed by atoms with van der Waals surface area (Å²) in [5.41, 5.74) is 14.5. The Morgan fingerprint density at radius 1 is 0.698 bits per heavy atom. The van der Waals surface area contributed by atoms with Crippen molar-refractivity contribution in [2.24, 2.45) is 11.3 Å². The van der Waals surface area contributed by atoms with Crippen LogP contribution < -0.4 is 5.19 Å². The Balaban J connectivity index is 0.000000206. The molecule has 0 amide bonds. The van der Waals surface area contributed by atoms with Crippen molar-refractivity contribution >= 4 is 35.2 Å².